The van der Waals surface area contributed by atoms with Crippen LogP contribution in [-0.2, 0) is 4.79 Å². The highest BCUT2D eigenvalue weighted by Gasteiger charge is 2.42. The van der Waals surface area contributed by atoms with Crippen LogP contribution in [0.25, 0.3) is 0 Å². The zero-order chi connectivity index (χ0) is 17.8. The van der Waals surface area contributed by atoms with Crippen LogP contribution in [0.3, 0.4) is 0 Å². The zero-order valence-corrected chi connectivity index (χ0v) is 14.6. The molecule has 6 heteroatoms. The van der Waals surface area contributed by atoms with Crippen molar-refractivity contribution in [3.05, 3.63) is 65.7 Å². The maximum absolute atomic E-state index is 12.8. The Kier molecular flexibility index (Phi) is 5.19. The molecule has 0 saturated carbocycles. The Morgan fingerprint density at radius 3 is 2.12 bits per heavy atom. The van der Waals surface area contributed by atoms with Crippen molar-refractivity contribution in [2.24, 2.45) is 0 Å². The van der Waals surface area contributed by atoms with Gasteiger partial charge < -0.3 is 5.32 Å². The van der Waals surface area contributed by atoms with Crippen molar-refractivity contribution in [3.63, 3.8) is 0 Å². The lowest BCUT2D eigenvalue weighted by Gasteiger charge is -2.25. The predicted octanol–water partition coefficient (Wildman–Crippen LogP) is 3.04. The summed E-state index contributed by atoms with van der Waals surface area (Å²) in [4.78, 5) is 39.3. The highest BCUT2D eigenvalue weighted by molar-refractivity contribution is 7.98. The molecule has 0 fully saturated rings. The SMILES string of the molecule is CSCC[C@@H](C(=O)Nc1ccccc1)N1C(=O)c2ccccc2C1=O. The summed E-state index contributed by atoms with van der Waals surface area (Å²) in [7, 11) is 0. The second-order valence-corrected chi connectivity index (χ2v) is 6.66. The van der Waals surface area contributed by atoms with Crippen LogP contribution >= 0.6 is 11.8 Å². The summed E-state index contributed by atoms with van der Waals surface area (Å²) in [5.74, 6) is -0.500. The van der Waals surface area contributed by atoms with Crippen LogP contribution < -0.4 is 5.32 Å². The van der Waals surface area contributed by atoms with Gasteiger partial charge in [-0.15, -0.1) is 0 Å². The van der Waals surface area contributed by atoms with Crippen molar-refractivity contribution in [1.82, 2.24) is 4.90 Å². The van der Waals surface area contributed by atoms with Gasteiger partial charge >= 0.3 is 0 Å². The number of rotatable bonds is 6. The Morgan fingerprint density at radius 2 is 1.56 bits per heavy atom. The van der Waals surface area contributed by atoms with Crippen LogP contribution in [0.15, 0.2) is 54.6 Å². The number of fused-ring (bicyclic) bond motifs is 1. The van der Waals surface area contributed by atoms with Crippen molar-refractivity contribution in [2.45, 2.75) is 12.5 Å². The number of hydrogen-bond acceptors (Lipinski definition) is 4. The second-order valence-electron chi connectivity index (χ2n) is 5.68. The fourth-order valence-electron chi connectivity index (χ4n) is 2.84. The average Bonchev–Trinajstić information content (AvgIpc) is 2.88. The van der Waals surface area contributed by atoms with Gasteiger partial charge in [0.1, 0.15) is 6.04 Å². The molecular weight excluding hydrogens is 336 g/mol. The first-order valence-corrected chi connectivity index (χ1v) is 9.34. The molecule has 0 radical (unpaired) electrons. The fourth-order valence-corrected chi connectivity index (χ4v) is 3.30. The third-order valence-corrected chi connectivity index (χ3v) is 4.72. The first kappa shape index (κ1) is 17.2. The molecule has 0 bridgehead atoms. The zero-order valence-electron chi connectivity index (χ0n) is 13.8. The fraction of sp³-hybridized carbons (Fsp3) is 0.211. The van der Waals surface area contributed by atoms with Gasteiger partial charge in [-0.05, 0) is 42.7 Å². The number of thioether (sulfide) groups is 1. The van der Waals surface area contributed by atoms with Crippen molar-refractivity contribution >= 4 is 35.2 Å². The molecule has 1 aliphatic rings. The molecule has 3 amide bonds. The third kappa shape index (κ3) is 3.44. The quantitative estimate of drug-likeness (QED) is 0.810. The van der Waals surface area contributed by atoms with Gasteiger partial charge in [-0.1, -0.05) is 30.3 Å². The van der Waals surface area contributed by atoms with Crippen LogP contribution in [0.2, 0.25) is 0 Å². The van der Waals surface area contributed by atoms with Crippen molar-refractivity contribution in [3.8, 4) is 0 Å². The van der Waals surface area contributed by atoms with E-state index >= 15 is 0 Å². The number of carbonyl (C=O) groups excluding carboxylic acids is 3. The number of carbonyl (C=O) groups is 3. The van der Waals surface area contributed by atoms with E-state index in [1.54, 1.807) is 48.2 Å². The van der Waals surface area contributed by atoms with Gasteiger partial charge in [0.25, 0.3) is 11.8 Å². The number of nitrogens with one attached hydrogen (secondary N) is 1. The first-order chi connectivity index (χ1) is 12.1. The lowest BCUT2D eigenvalue weighted by Crippen LogP contribution is -2.47. The van der Waals surface area contributed by atoms with Crippen LogP contribution in [-0.4, -0.2) is 40.7 Å². The summed E-state index contributed by atoms with van der Waals surface area (Å²) in [6.45, 7) is 0. The smallest absolute Gasteiger partial charge is 0.262 e. The molecule has 1 N–H and O–H groups in total. The average molecular weight is 354 g/mol. The highest BCUT2D eigenvalue weighted by atomic mass is 32.2. The maximum atomic E-state index is 12.8. The van der Waals surface area contributed by atoms with Gasteiger partial charge in [-0.2, -0.15) is 11.8 Å². The molecule has 2 aromatic rings. The van der Waals surface area contributed by atoms with Gasteiger partial charge in [0.15, 0.2) is 0 Å². The number of para-hydroxylation sites is 1. The summed E-state index contributed by atoms with van der Waals surface area (Å²) < 4.78 is 0. The molecule has 5 nitrogen and oxygen atoms in total. The molecule has 0 unspecified atom stereocenters. The van der Waals surface area contributed by atoms with Crippen LogP contribution in [0.4, 0.5) is 5.69 Å². The highest BCUT2D eigenvalue weighted by Crippen LogP contribution is 2.26. The summed E-state index contributed by atoms with van der Waals surface area (Å²) in [6.07, 6.45) is 2.33. The van der Waals surface area contributed by atoms with Gasteiger partial charge in [-0.3, -0.25) is 19.3 Å². The Morgan fingerprint density at radius 1 is 1.00 bits per heavy atom. The normalized spacial score (nSPS) is 14.4. The monoisotopic (exact) mass is 354 g/mol. The lowest BCUT2D eigenvalue weighted by molar-refractivity contribution is -0.120. The molecule has 0 aliphatic carbocycles. The Labute approximate surface area is 150 Å². The van der Waals surface area contributed by atoms with E-state index in [0.717, 1.165) is 4.90 Å². The Bertz CT molecular complexity index is 772. The van der Waals surface area contributed by atoms with E-state index in [9.17, 15) is 14.4 Å². The minimum atomic E-state index is -0.833. The van der Waals surface area contributed by atoms with E-state index in [4.69, 9.17) is 0 Å². The van der Waals surface area contributed by atoms with E-state index in [2.05, 4.69) is 5.32 Å². The molecule has 2 aromatic carbocycles. The number of hydrogen-bond donors (Lipinski definition) is 1. The molecule has 0 aromatic heterocycles. The third-order valence-electron chi connectivity index (χ3n) is 4.08. The Hall–Kier alpha value is -2.60. The number of nitrogens with zero attached hydrogens (tertiary/aromatic N) is 1. The summed E-state index contributed by atoms with van der Waals surface area (Å²) >= 11 is 1.57. The maximum Gasteiger partial charge on any atom is 0.262 e. The van der Waals surface area contributed by atoms with Crippen LogP contribution in [0, 0.1) is 0 Å². The summed E-state index contributed by atoms with van der Waals surface area (Å²) in [5.41, 5.74) is 1.35. The number of amides is 3. The first-order valence-electron chi connectivity index (χ1n) is 7.95. The molecule has 25 heavy (non-hydrogen) atoms. The minimum absolute atomic E-state index is 0.352. The molecule has 1 aliphatic heterocycles. The molecular formula is C19H18N2O3S. The van der Waals surface area contributed by atoms with Crippen LogP contribution in [0.5, 0.6) is 0 Å². The minimum Gasteiger partial charge on any atom is -0.324 e. The Balaban J connectivity index is 1.87. The number of imide groups is 1. The van der Waals surface area contributed by atoms with Crippen molar-refractivity contribution in [2.75, 3.05) is 17.3 Å². The van der Waals surface area contributed by atoms with Crippen LogP contribution in [0.1, 0.15) is 27.1 Å². The number of benzene rings is 2. The van der Waals surface area contributed by atoms with E-state index in [1.165, 1.54) is 0 Å². The van der Waals surface area contributed by atoms with Crippen molar-refractivity contribution in [1.29, 1.82) is 0 Å². The molecule has 0 saturated heterocycles. The van der Waals surface area contributed by atoms with Gasteiger partial charge in [0, 0.05) is 5.69 Å². The molecule has 0 spiro atoms. The topological polar surface area (TPSA) is 66.5 Å². The van der Waals surface area contributed by atoms with Gasteiger partial charge in [0.2, 0.25) is 5.91 Å². The summed E-state index contributed by atoms with van der Waals surface area (Å²) in [5, 5.41) is 2.80. The molecule has 1 atom stereocenters. The van der Waals surface area contributed by atoms with Gasteiger partial charge in [0.05, 0.1) is 11.1 Å². The molecule has 3 rings (SSSR count). The molecule has 128 valence electrons. The van der Waals surface area contributed by atoms with E-state index < -0.39 is 17.9 Å². The standard InChI is InChI=1S/C19H18N2O3S/c1-25-12-11-16(17(22)20-13-7-3-2-4-8-13)21-18(23)14-9-5-6-10-15(14)19(21)24/h2-10,16H,11-12H2,1H3,(H,20,22)/t16-/m0/s1. The van der Waals surface area contributed by atoms with E-state index in [0.29, 0.717) is 29.0 Å². The predicted molar refractivity (Wildman–Crippen MR) is 98.8 cm³/mol. The largest absolute Gasteiger partial charge is 0.324 e. The lowest BCUT2D eigenvalue weighted by atomic mass is 10.1. The summed E-state index contributed by atoms with van der Waals surface area (Å²) in [6, 6.07) is 14.9. The second kappa shape index (κ2) is 7.53. The van der Waals surface area contributed by atoms with Gasteiger partial charge in [-0.25, -0.2) is 0 Å². The number of anilines is 1. The van der Waals surface area contributed by atoms with E-state index in [-0.39, 0.29) is 5.91 Å². The van der Waals surface area contributed by atoms with Crippen molar-refractivity contribution < 1.29 is 14.4 Å². The molecule has 1 heterocycles. The van der Waals surface area contributed by atoms with E-state index in [1.807, 2.05) is 24.5 Å².